The molecule has 2 nitrogen and oxygen atoms in total. The Morgan fingerprint density at radius 1 is 1.38 bits per heavy atom. The van der Waals surface area contributed by atoms with E-state index in [2.05, 4.69) is 18.9 Å². The van der Waals surface area contributed by atoms with Gasteiger partial charge in [-0.15, -0.1) is 0 Å². The van der Waals surface area contributed by atoms with Crippen molar-refractivity contribution >= 4 is 6.21 Å². The number of hydrogen-bond donors (Lipinski definition) is 0. The highest BCUT2D eigenvalue weighted by Crippen LogP contribution is 1.85. The Morgan fingerprint density at radius 2 is 1.88 bits per heavy atom. The minimum absolute atomic E-state index is 0.553. The molecule has 0 fully saturated rings. The summed E-state index contributed by atoms with van der Waals surface area (Å²) in [5.41, 5.74) is 0. The zero-order valence-electron chi connectivity index (χ0n) is 6.05. The standard InChI is InChI=1S/C6H14N2/c1-6(2)5-7-8(3)4/h5-6H,1-4H3. The quantitative estimate of drug-likeness (QED) is 0.389. The maximum Gasteiger partial charge on any atom is 0.0270 e. The average Bonchev–Trinajstić information content (AvgIpc) is 1.61. The number of rotatable bonds is 2. The van der Waals surface area contributed by atoms with Crippen LogP contribution in [-0.2, 0) is 0 Å². The van der Waals surface area contributed by atoms with Gasteiger partial charge in [0.15, 0.2) is 0 Å². The fraction of sp³-hybridized carbons (Fsp3) is 0.833. The molecule has 0 N–H and O–H groups in total. The van der Waals surface area contributed by atoms with Crippen molar-refractivity contribution in [2.75, 3.05) is 14.1 Å². The van der Waals surface area contributed by atoms with E-state index in [9.17, 15) is 0 Å². The Balaban J connectivity index is 3.34. The molecular formula is C6H14N2. The van der Waals surface area contributed by atoms with Crippen molar-refractivity contribution in [3.63, 3.8) is 0 Å². The topological polar surface area (TPSA) is 15.6 Å². The molecule has 0 atom stereocenters. The molecule has 0 unspecified atom stereocenters. The molecular weight excluding hydrogens is 100 g/mol. The zero-order valence-corrected chi connectivity index (χ0v) is 6.05. The van der Waals surface area contributed by atoms with Crippen molar-refractivity contribution < 1.29 is 0 Å². The fourth-order valence-corrected chi connectivity index (χ4v) is 0.267. The Labute approximate surface area is 51.2 Å². The molecule has 0 bridgehead atoms. The van der Waals surface area contributed by atoms with E-state index in [1.165, 1.54) is 0 Å². The first-order valence-corrected chi connectivity index (χ1v) is 2.84. The highest BCUT2D eigenvalue weighted by Gasteiger charge is 1.83. The lowest BCUT2D eigenvalue weighted by atomic mass is 10.3. The van der Waals surface area contributed by atoms with E-state index in [0.29, 0.717) is 5.92 Å². The number of nitrogens with zero attached hydrogens (tertiary/aromatic N) is 2. The molecule has 0 aromatic rings. The number of hydrazone groups is 1. The summed E-state index contributed by atoms with van der Waals surface area (Å²) < 4.78 is 0. The Hall–Kier alpha value is -0.530. The van der Waals surface area contributed by atoms with Crippen molar-refractivity contribution in [3.05, 3.63) is 0 Å². The van der Waals surface area contributed by atoms with Crippen LogP contribution >= 0.6 is 0 Å². The summed E-state index contributed by atoms with van der Waals surface area (Å²) in [6, 6.07) is 0. The van der Waals surface area contributed by atoms with Gasteiger partial charge < -0.3 is 5.01 Å². The third-order valence-electron chi connectivity index (χ3n) is 0.596. The third kappa shape index (κ3) is 5.47. The first kappa shape index (κ1) is 7.47. The van der Waals surface area contributed by atoms with Crippen molar-refractivity contribution in [3.8, 4) is 0 Å². The van der Waals surface area contributed by atoms with Crippen molar-refractivity contribution in [2.45, 2.75) is 13.8 Å². The van der Waals surface area contributed by atoms with Crippen molar-refractivity contribution in [2.24, 2.45) is 11.0 Å². The highest BCUT2D eigenvalue weighted by atomic mass is 15.4. The van der Waals surface area contributed by atoms with Crippen molar-refractivity contribution in [1.82, 2.24) is 5.01 Å². The van der Waals surface area contributed by atoms with Crippen LogP contribution in [-0.4, -0.2) is 25.3 Å². The van der Waals surface area contributed by atoms with Crippen molar-refractivity contribution in [1.29, 1.82) is 0 Å². The maximum atomic E-state index is 4.03. The molecule has 48 valence electrons. The zero-order chi connectivity index (χ0) is 6.57. The molecule has 0 radical (unpaired) electrons. The fourth-order valence-electron chi connectivity index (χ4n) is 0.267. The summed E-state index contributed by atoms with van der Waals surface area (Å²) in [4.78, 5) is 0. The van der Waals surface area contributed by atoms with Gasteiger partial charge in [-0.05, 0) is 5.92 Å². The lowest BCUT2D eigenvalue weighted by Crippen LogP contribution is -2.03. The maximum absolute atomic E-state index is 4.03. The number of hydrogen-bond acceptors (Lipinski definition) is 2. The highest BCUT2D eigenvalue weighted by molar-refractivity contribution is 5.58. The van der Waals surface area contributed by atoms with Gasteiger partial charge in [-0.1, -0.05) is 13.8 Å². The van der Waals surface area contributed by atoms with Crippen LogP contribution in [0.25, 0.3) is 0 Å². The van der Waals surface area contributed by atoms with Gasteiger partial charge in [0.05, 0.1) is 0 Å². The normalized spacial score (nSPS) is 11.1. The van der Waals surface area contributed by atoms with Gasteiger partial charge in [-0.3, -0.25) is 0 Å². The Morgan fingerprint density at radius 3 is 2.00 bits per heavy atom. The molecule has 0 aliphatic rings. The van der Waals surface area contributed by atoms with Gasteiger partial charge in [0.25, 0.3) is 0 Å². The van der Waals surface area contributed by atoms with E-state index in [4.69, 9.17) is 0 Å². The van der Waals surface area contributed by atoms with Gasteiger partial charge >= 0.3 is 0 Å². The SMILES string of the molecule is CC(C)C=NN(C)C. The molecule has 8 heavy (non-hydrogen) atoms. The third-order valence-corrected chi connectivity index (χ3v) is 0.596. The molecule has 0 saturated carbocycles. The second-order valence-corrected chi connectivity index (χ2v) is 2.36. The summed E-state index contributed by atoms with van der Waals surface area (Å²) in [6.45, 7) is 4.21. The molecule has 0 heterocycles. The molecule has 2 heteroatoms. The van der Waals surface area contributed by atoms with Crippen LogP contribution in [0.1, 0.15) is 13.8 Å². The molecule has 0 aliphatic heterocycles. The van der Waals surface area contributed by atoms with Crippen LogP contribution in [0.4, 0.5) is 0 Å². The Bertz CT molecular complexity index is 64.6. The van der Waals surface area contributed by atoms with Crippen LogP contribution in [0.15, 0.2) is 5.10 Å². The van der Waals surface area contributed by atoms with Gasteiger partial charge in [0.1, 0.15) is 0 Å². The van der Waals surface area contributed by atoms with E-state index < -0.39 is 0 Å². The second-order valence-electron chi connectivity index (χ2n) is 2.36. The summed E-state index contributed by atoms with van der Waals surface area (Å²) in [5, 5.41) is 5.82. The van der Waals surface area contributed by atoms with E-state index >= 15 is 0 Å². The van der Waals surface area contributed by atoms with E-state index in [-0.39, 0.29) is 0 Å². The molecule has 0 aromatic heterocycles. The second kappa shape index (κ2) is 3.47. The average molecular weight is 114 g/mol. The first-order valence-electron chi connectivity index (χ1n) is 2.84. The van der Waals surface area contributed by atoms with Gasteiger partial charge in [0.2, 0.25) is 0 Å². The van der Waals surface area contributed by atoms with Crippen LogP contribution in [0, 0.1) is 5.92 Å². The molecule has 0 saturated heterocycles. The monoisotopic (exact) mass is 114 g/mol. The predicted octanol–water partition coefficient (Wildman–Crippen LogP) is 1.19. The van der Waals surface area contributed by atoms with Gasteiger partial charge in [-0.25, -0.2) is 0 Å². The largest absolute Gasteiger partial charge is 0.303 e. The lowest BCUT2D eigenvalue weighted by Gasteiger charge is -2.02. The first-order chi connectivity index (χ1) is 3.63. The molecule has 0 amide bonds. The molecule has 0 aromatic carbocycles. The molecule has 0 rings (SSSR count). The predicted molar refractivity (Wildman–Crippen MR) is 37.0 cm³/mol. The summed E-state index contributed by atoms with van der Waals surface area (Å²) in [7, 11) is 3.83. The summed E-state index contributed by atoms with van der Waals surface area (Å²) in [6.07, 6.45) is 1.92. The minimum atomic E-state index is 0.553. The Kier molecular flexibility index (Phi) is 3.24. The summed E-state index contributed by atoms with van der Waals surface area (Å²) in [5.74, 6) is 0.553. The van der Waals surface area contributed by atoms with Gasteiger partial charge in [0, 0.05) is 20.3 Å². The summed E-state index contributed by atoms with van der Waals surface area (Å²) >= 11 is 0. The molecule has 0 spiro atoms. The van der Waals surface area contributed by atoms with Gasteiger partial charge in [-0.2, -0.15) is 5.10 Å². The molecule has 0 aliphatic carbocycles. The van der Waals surface area contributed by atoms with Crippen LogP contribution in [0.2, 0.25) is 0 Å². The van der Waals surface area contributed by atoms with Crippen LogP contribution in [0.5, 0.6) is 0 Å². The van der Waals surface area contributed by atoms with Crippen LogP contribution < -0.4 is 0 Å². The minimum Gasteiger partial charge on any atom is -0.303 e. The van der Waals surface area contributed by atoms with E-state index in [0.717, 1.165) is 0 Å². The van der Waals surface area contributed by atoms with Crippen LogP contribution in [0.3, 0.4) is 0 Å². The van der Waals surface area contributed by atoms with E-state index in [1.807, 2.05) is 20.3 Å². The smallest absolute Gasteiger partial charge is 0.0270 e. The lowest BCUT2D eigenvalue weighted by molar-refractivity contribution is 0.437. The van der Waals surface area contributed by atoms with E-state index in [1.54, 1.807) is 5.01 Å².